The van der Waals surface area contributed by atoms with Crippen LogP contribution in [0.25, 0.3) is 5.57 Å². The highest BCUT2D eigenvalue weighted by Gasteiger charge is 2.13. The molecule has 0 aliphatic heterocycles. The van der Waals surface area contributed by atoms with Crippen LogP contribution in [0.3, 0.4) is 0 Å². The maximum absolute atomic E-state index is 11.4. The van der Waals surface area contributed by atoms with E-state index in [1.165, 1.54) is 14.0 Å². The topological polar surface area (TPSA) is 92.7 Å². The van der Waals surface area contributed by atoms with E-state index < -0.39 is 0 Å². The van der Waals surface area contributed by atoms with E-state index >= 15 is 0 Å². The van der Waals surface area contributed by atoms with Gasteiger partial charge in [-0.05, 0) is 71.1 Å². The Morgan fingerprint density at radius 3 is 2.71 bits per heavy atom. The Hall–Kier alpha value is -2.74. The van der Waals surface area contributed by atoms with Crippen molar-refractivity contribution in [2.75, 3.05) is 12.4 Å². The quantitative estimate of drug-likeness (QED) is 0.572. The summed E-state index contributed by atoms with van der Waals surface area (Å²) in [5, 5.41) is 12.4. The Morgan fingerprint density at radius 2 is 2.07 bits per heavy atom. The lowest BCUT2D eigenvalue weighted by atomic mass is 9.93. The second-order valence-electron chi connectivity index (χ2n) is 6.39. The summed E-state index contributed by atoms with van der Waals surface area (Å²) in [7, 11) is 1.45. The van der Waals surface area contributed by atoms with Gasteiger partial charge in [-0.3, -0.25) is 9.63 Å². The standard InChI is InChI=1S/C21H27N3O4/c1-5-6-7-19(20-11-21(23-15(3)26)22-12-14(20)2)17-8-16(13-25)9-18(10-17)28-24-27-4/h7-12,24-25H,5-6,13H2,1-4H3,(H,22,23,26)/b19-7-. The zero-order valence-electron chi connectivity index (χ0n) is 16.7. The van der Waals surface area contributed by atoms with Gasteiger partial charge in [0.25, 0.3) is 0 Å². The summed E-state index contributed by atoms with van der Waals surface area (Å²) < 4.78 is 0. The lowest BCUT2D eigenvalue weighted by molar-refractivity contribution is -0.114. The first-order valence-electron chi connectivity index (χ1n) is 9.13. The minimum Gasteiger partial charge on any atom is -0.392 e. The van der Waals surface area contributed by atoms with Crippen LogP contribution < -0.4 is 15.8 Å². The van der Waals surface area contributed by atoms with Crippen LogP contribution >= 0.6 is 0 Å². The van der Waals surface area contributed by atoms with Crippen LogP contribution in [-0.4, -0.2) is 23.1 Å². The number of nitrogens with one attached hydrogen (secondary N) is 2. The molecule has 0 aliphatic carbocycles. The molecule has 7 heteroatoms. The maximum atomic E-state index is 11.4. The molecule has 1 aromatic carbocycles. The van der Waals surface area contributed by atoms with Crippen molar-refractivity contribution in [2.24, 2.45) is 0 Å². The highest BCUT2D eigenvalue weighted by molar-refractivity contribution is 5.89. The van der Waals surface area contributed by atoms with Gasteiger partial charge in [0, 0.05) is 13.1 Å². The molecule has 1 heterocycles. The van der Waals surface area contributed by atoms with Crippen LogP contribution in [0, 0.1) is 6.92 Å². The van der Waals surface area contributed by atoms with Crippen molar-refractivity contribution >= 4 is 17.3 Å². The third-order valence-corrected chi connectivity index (χ3v) is 4.04. The number of rotatable bonds is 9. The summed E-state index contributed by atoms with van der Waals surface area (Å²) in [5.41, 5.74) is 6.85. The molecule has 2 rings (SSSR count). The minimum absolute atomic E-state index is 0.120. The normalized spacial score (nSPS) is 11.4. The smallest absolute Gasteiger partial charge is 0.222 e. The molecule has 0 spiro atoms. The molecule has 0 radical (unpaired) electrons. The van der Waals surface area contributed by atoms with E-state index in [2.05, 4.69) is 28.9 Å². The summed E-state index contributed by atoms with van der Waals surface area (Å²) in [4.78, 5) is 25.8. The Labute approximate surface area is 165 Å². The van der Waals surface area contributed by atoms with Crippen molar-refractivity contribution in [3.05, 3.63) is 58.8 Å². The van der Waals surface area contributed by atoms with Crippen molar-refractivity contribution in [1.29, 1.82) is 0 Å². The second kappa shape index (κ2) is 10.6. The number of hydrogen-bond donors (Lipinski definition) is 3. The van der Waals surface area contributed by atoms with Crippen molar-refractivity contribution in [1.82, 2.24) is 10.6 Å². The SMILES string of the molecule is CCC/C=C(/c1cc(CO)cc(ONOC)c1)c1cc(NC(C)=O)ncc1C. The summed E-state index contributed by atoms with van der Waals surface area (Å²) in [6.07, 6.45) is 5.74. The highest BCUT2D eigenvalue weighted by atomic mass is 16.9. The van der Waals surface area contributed by atoms with Crippen molar-refractivity contribution in [3.8, 4) is 5.75 Å². The molecule has 1 amide bonds. The van der Waals surface area contributed by atoms with E-state index in [1.54, 1.807) is 12.3 Å². The van der Waals surface area contributed by atoms with Gasteiger partial charge in [-0.25, -0.2) is 4.98 Å². The zero-order valence-corrected chi connectivity index (χ0v) is 16.7. The number of pyridine rings is 1. The van der Waals surface area contributed by atoms with Crippen molar-refractivity contribution in [2.45, 2.75) is 40.2 Å². The van der Waals surface area contributed by atoms with Crippen molar-refractivity contribution < 1.29 is 19.6 Å². The number of nitrogens with zero attached hydrogens (tertiary/aromatic N) is 1. The third kappa shape index (κ3) is 5.88. The number of allylic oxidation sites excluding steroid dienone is 1. The van der Waals surface area contributed by atoms with Crippen LogP contribution in [0.2, 0.25) is 0 Å². The average Bonchev–Trinajstić information content (AvgIpc) is 2.68. The molecule has 1 aromatic heterocycles. The van der Waals surface area contributed by atoms with E-state index in [0.29, 0.717) is 17.1 Å². The average molecular weight is 385 g/mol. The summed E-state index contributed by atoms with van der Waals surface area (Å²) in [5.74, 6) is 0.830. The van der Waals surface area contributed by atoms with Gasteiger partial charge in [0.1, 0.15) is 5.82 Å². The number of carbonyl (C=O) groups is 1. The van der Waals surface area contributed by atoms with Gasteiger partial charge >= 0.3 is 0 Å². The highest BCUT2D eigenvalue weighted by Crippen LogP contribution is 2.31. The molecule has 0 unspecified atom stereocenters. The van der Waals surface area contributed by atoms with Crippen LogP contribution in [0.1, 0.15) is 48.9 Å². The molecule has 2 aromatic rings. The first-order valence-corrected chi connectivity index (χ1v) is 9.13. The van der Waals surface area contributed by atoms with Gasteiger partial charge in [0.05, 0.1) is 13.7 Å². The molecule has 0 fully saturated rings. The number of aliphatic hydroxyl groups is 1. The minimum atomic E-state index is -0.176. The maximum Gasteiger partial charge on any atom is 0.222 e. The lowest BCUT2D eigenvalue weighted by Gasteiger charge is -2.16. The van der Waals surface area contributed by atoms with E-state index in [9.17, 15) is 9.90 Å². The van der Waals surface area contributed by atoms with E-state index in [1.807, 2.05) is 25.1 Å². The number of aromatic nitrogens is 1. The van der Waals surface area contributed by atoms with Gasteiger partial charge < -0.3 is 15.3 Å². The largest absolute Gasteiger partial charge is 0.392 e. The number of benzene rings is 1. The molecular formula is C21H27N3O4. The fourth-order valence-corrected chi connectivity index (χ4v) is 2.79. The van der Waals surface area contributed by atoms with Gasteiger partial charge in [-0.1, -0.05) is 19.4 Å². The number of amides is 1. The molecule has 0 bridgehead atoms. The predicted molar refractivity (Wildman–Crippen MR) is 108 cm³/mol. The van der Waals surface area contributed by atoms with E-state index in [0.717, 1.165) is 35.1 Å². The Balaban J connectivity index is 2.57. The molecule has 0 atom stereocenters. The molecule has 0 aliphatic rings. The molecule has 0 saturated heterocycles. The molecule has 7 nitrogen and oxygen atoms in total. The second-order valence-corrected chi connectivity index (χ2v) is 6.39. The fraction of sp³-hybridized carbons (Fsp3) is 0.333. The fourth-order valence-electron chi connectivity index (χ4n) is 2.79. The first-order chi connectivity index (χ1) is 13.5. The Bertz CT molecular complexity index is 850. The monoisotopic (exact) mass is 385 g/mol. The van der Waals surface area contributed by atoms with Gasteiger partial charge in [0.15, 0.2) is 5.75 Å². The summed E-state index contributed by atoms with van der Waals surface area (Å²) in [6, 6.07) is 7.37. The number of unbranched alkanes of at least 4 members (excludes halogenated alkanes) is 1. The first kappa shape index (κ1) is 21.6. The molecule has 3 N–H and O–H groups in total. The number of aryl methyl sites for hydroxylation is 1. The van der Waals surface area contributed by atoms with Crippen LogP contribution in [0.15, 0.2) is 36.5 Å². The van der Waals surface area contributed by atoms with Gasteiger partial charge in [-0.15, -0.1) is 0 Å². The Morgan fingerprint density at radius 1 is 1.29 bits per heavy atom. The molecule has 150 valence electrons. The third-order valence-electron chi connectivity index (χ3n) is 4.04. The number of aliphatic hydroxyl groups excluding tert-OH is 1. The van der Waals surface area contributed by atoms with Crippen LogP contribution in [0.5, 0.6) is 5.75 Å². The van der Waals surface area contributed by atoms with Crippen molar-refractivity contribution in [3.63, 3.8) is 0 Å². The predicted octanol–water partition coefficient (Wildman–Crippen LogP) is 3.52. The Kier molecular flexibility index (Phi) is 8.13. The van der Waals surface area contributed by atoms with E-state index in [-0.39, 0.29) is 12.5 Å². The van der Waals surface area contributed by atoms with Gasteiger partial charge in [0.2, 0.25) is 5.91 Å². The molecule has 0 saturated carbocycles. The number of hydrogen-bond acceptors (Lipinski definition) is 6. The van der Waals surface area contributed by atoms with Crippen LogP contribution in [-0.2, 0) is 16.2 Å². The van der Waals surface area contributed by atoms with Crippen LogP contribution in [0.4, 0.5) is 5.82 Å². The summed E-state index contributed by atoms with van der Waals surface area (Å²) >= 11 is 0. The zero-order chi connectivity index (χ0) is 20.5. The summed E-state index contributed by atoms with van der Waals surface area (Å²) in [6.45, 7) is 5.41. The molecular weight excluding hydrogens is 358 g/mol. The molecule has 28 heavy (non-hydrogen) atoms. The lowest BCUT2D eigenvalue weighted by Crippen LogP contribution is -2.16. The van der Waals surface area contributed by atoms with Gasteiger partial charge in [-0.2, -0.15) is 0 Å². The number of anilines is 1. The number of carbonyl (C=O) groups excluding carboxylic acids is 1. The van der Waals surface area contributed by atoms with E-state index in [4.69, 9.17) is 9.68 Å².